The first-order chi connectivity index (χ1) is 8.16. The van der Waals surface area contributed by atoms with E-state index in [2.05, 4.69) is 8.37 Å². The molecule has 0 unspecified atom stereocenters. The van der Waals surface area contributed by atoms with Crippen LogP contribution in [0, 0.1) is 0 Å². The number of benzene rings is 1. The summed E-state index contributed by atoms with van der Waals surface area (Å²) in [5.41, 5.74) is 1.11. The Morgan fingerprint density at radius 2 is 1.06 bits per heavy atom. The van der Waals surface area contributed by atoms with Gasteiger partial charge in [-0.3, -0.25) is 8.37 Å². The van der Waals surface area contributed by atoms with E-state index in [0.717, 1.165) is 0 Å². The fourth-order valence-electron chi connectivity index (χ4n) is 1.01. The highest BCUT2D eigenvalue weighted by Crippen LogP contribution is 2.11. The van der Waals surface area contributed by atoms with Crippen molar-refractivity contribution in [2.45, 2.75) is 13.2 Å². The van der Waals surface area contributed by atoms with Crippen molar-refractivity contribution in [3.05, 3.63) is 35.4 Å². The smallest absolute Gasteiger partial charge is 0.253 e. The minimum absolute atomic E-state index is 0.208. The molecule has 0 heterocycles. The molecule has 0 aromatic heterocycles. The molecule has 1 rings (SSSR count). The van der Waals surface area contributed by atoms with E-state index < -0.39 is 18.7 Å². The highest BCUT2D eigenvalue weighted by atomic mass is 35.7. The van der Waals surface area contributed by atoms with Crippen LogP contribution < -0.4 is 0 Å². The van der Waals surface area contributed by atoms with Crippen LogP contribution in [0.1, 0.15) is 11.1 Å². The zero-order valence-electron chi connectivity index (χ0n) is 8.75. The molecule has 0 bridgehead atoms. The number of halogens is 2. The number of rotatable bonds is 6. The van der Waals surface area contributed by atoms with Gasteiger partial charge in [0.05, 0.1) is 13.2 Å². The van der Waals surface area contributed by atoms with Crippen LogP contribution in [0.25, 0.3) is 0 Å². The molecule has 1 aromatic carbocycles. The van der Waals surface area contributed by atoms with Crippen molar-refractivity contribution >= 4 is 40.0 Å². The van der Waals surface area contributed by atoms with E-state index >= 15 is 0 Å². The average molecular weight is 335 g/mol. The van der Waals surface area contributed by atoms with Crippen LogP contribution in [0.4, 0.5) is 0 Å². The molecule has 0 fully saturated rings. The molecule has 0 saturated heterocycles. The Kier molecular flexibility index (Phi) is 5.38. The average Bonchev–Trinajstić information content (AvgIpc) is 2.23. The SMILES string of the molecule is O=S(=O)(Cl)OCc1ccc(COS(=O)(=O)Cl)cc1. The highest BCUT2D eigenvalue weighted by molar-refractivity contribution is 8.10. The first-order valence-corrected chi connectivity index (χ1v) is 8.88. The summed E-state index contributed by atoms with van der Waals surface area (Å²) in [6, 6.07) is 6.17. The summed E-state index contributed by atoms with van der Waals surface area (Å²) >= 11 is 0. The molecule has 0 aliphatic carbocycles. The van der Waals surface area contributed by atoms with Gasteiger partial charge in [0, 0.05) is 21.4 Å². The lowest BCUT2D eigenvalue weighted by Gasteiger charge is -2.03. The van der Waals surface area contributed by atoms with E-state index in [1.165, 1.54) is 0 Å². The molecular weight excluding hydrogens is 327 g/mol. The second kappa shape index (κ2) is 6.18. The number of hydrogen-bond donors (Lipinski definition) is 0. The van der Waals surface area contributed by atoms with E-state index in [4.69, 9.17) is 21.4 Å². The number of hydrogen-bond acceptors (Lipinski definition) is 6. The molecule has 0 N–H and O–H groups in total. The van der Waals surface area contributed by atoms with Gasteiger partial charge in [0.1, 0.15) is 0 Å². The summed E-state index contributed by atoms with van der Waals surface area (Å²) in [4.78, 5) is 0. The van der Waals surface area contributed by atoms with Gasteiger partial charge >= 0.3 is 18.7 Å². The van der Waals surface area contributed by atoms with E-state index in [9.17, 15) is 16.8 Å². The van der Waals surface area contributed by atoms with Crippen molar-refractivity contribution < 1.29 is 25.2 Å². The lowest BCUT2D eigenvalue weighted by atomic mass is 10.1. The van der Waals surface area contributed by atoms with Crippen LogP contribution >= 0.6 is 21.4 Å². The molecule has 0 radical (unpaired) electrons. The van der Waals surface area contributed by atoms with Crippen LogP contribution in [-0.4, -0.2) is 16.8 Å². The molecule has 6 nitrogen and oxygen atoms in total. The van der Waals surface area contributed by atoms with Crippen molar-refractivity contribution in [3.8, 4) is 0 Å². The van der Waals surface area contributed by atoms with Crippen molar-refractivity contribution in [1.82, 2.24) is 0 Å². The third-order valence-electron chi connectivity index (χ3n) is 1.76. The summed E-state index contributed by atoms with van der Waals surface area (Å²) in [5, 5.41) is 0. The predicted molar refractivity (Wildman–Crippen MR) is 65.6 cm³/mol. The van der Waals surface area contributed by atoms with Gasteiger partial charge in [0.2, 0.25) is 0 Å². The third kappa shape index (κ3) is 7.14. The van der Waals surface area contributed by atoms with Crippen molar-refractivity contribution in [1.29, 1.82) is 0 Å². The minimum Gasteiger partial charge on any atom is -0.253 e. The van der Waals surface area contributed by atoms with Crippen molar-refractivity contribution in [2.75, 3.05) is 0 Å². The predicted octanol–water partition coefficient (Wildman–Crippen LogP) is 1.69. The van der Waals surface area contributed by atoms with Crippen molar-refractivity contribution in [3.63, 3.8) is 0 Å². The Morgan fingerprint density at radius 3 is 1.28 bits per heavy atom. The maximum Gasteiger partial charge on any atom is 0.355 e. The topological polar surface area (TPSA) is 86.7 Å². The Morgan fingerprint density at radius 1 is 0.778 bits per heavy atom. The Bertz CT molecular complexity index is 538. The van der Waals surface area contributed by atoms with Gasteiger partial charge in [-0.05, 0) is 11.1 Å². The van der Waals surface area contributed by atoms with Gasteiger partial charge in [0.25, 0.3) is 0 Å². The van der Waals surface area contributed by atoms with Crippen LogP contribution in [0.15, 0.2) is 24.3 Å². The maximum atomic E-state index is 10.5. The second-order valence-electron chi connectivity index (χ2n) is 3.13. The van der Waals surface area contributed by atoms with Gasteiger partial charge in [0.15, 0.2) is 0 Å². The second-order valence-corrected chi connectivity index (χ2v) is 7.44. The molecule has 10 heteroatoms. The summed E-state index contributed by atoms with van der Waals surface area (Å²) in [6.45, 7) is -0.415. The summed E-state index contributed by atoms with van der Waals surface area (Å²) < 4.78 is 50.8. The Balaban J connectivity index is 2.58. The molecule has 0 spiro atoms. The van der Waals surface area contributed by atoms with Crippen LogP contribution in [0.2, 0.25) is 0 Å². The summed E-state index contributed by atoms with van der Waals surface area (Å²) in [5.74, 6) is 0. The van der Waals surface area contributed by atoms with E-state index in [-0.39, 0.29) is 13.2 Å². The molecule has 0 aliphatic heterocycles. The van der Waals surface area contributed by atoms with Crippen LogP contribution in [0.3, 0.4) is 0 Å². The van der Waals surface area contributed by atoms with E-state index in [0.29, 0.717) is 11.1 Å². The molecule has 0 aliphatic rings. The lowest BCUT2D eigenvalue weighted by Crippen LogP contribution is -1.99. The molecule has 102 valence electrons. The third-order valence-corrected chi connectivity index (χ3v) is 3.09. The largest absolute Gasteiger partial charge is 0.355 e. The zero-order chi connectivity index (χ0) is 13.8. The highest BCUT2D eigenvalue weighted by Gasteiger charge is 2.07. The maximum absolute atomic E-state index is 10.5. The fourth-order valence-corrected chi connectivity index (χ4v) is 1.83. The molecule has 1 aromatic rings. The summed E-state index contributed by atoms with van der Waals surface area (Å²) in [7, 11) is 1.70. The lowest BCUT2D eigenvalue weighted by molar-refractivity contribution is 0.314. The molecule has 0 amide bonds. The van der Waals surface area contributed by atoms with Crippen LogP contribution in [0.5, 0.6) is 0 Å². The van der Waals surface area contributed by atoms with Gasteiger partial charge in [-0.1, -0.05) is 24.3 Å². The Hall–Kier alpha value is -0.380. The molecule has 0 saturated carbocycles. The first kappa shape index (κ1) is 15.7. The standard InChI is InChI=1S/C8H8Cl2O6S2/c9-17(11,12)15-5-7-1-2-8(4-3-7)6-16-18(10,13)14/h1-4H,5-6H2. The quantitative estimate of drug-likeness (QED) is 0.735. The Labute approximate surface area is 114 Å². The van der Waals surface area contributed by atoms with E-state index in [1.807, 2.05) is 0 Å². The minimum atomic E-state index is -4.01. The summed E-state index contributed by atoms with van der Waals surface area (Å²) in [6.07, 6.45) is 0. The molecule has 0 atom stereocenters. The monoisotopic (exact) mass is 334 g/mol. The van der Waals surface area contributed by atoms with Crippen LogP contribution in [-0.2, 0) is 40.2 Å². The first-order valence-electron chi connectivity index (χ1n) is 4.41. The molecule has 18 heavy (non-hydrogen) atoms. The van der Waals surface area contributed by atoms with Crippen molar-refractivity contribution in [2.24, 2.45) is 0 Å². The van der Waals surface area contributed by atoms with E-state index in [1.54, 1.807) is 24.3 Å². The van der Waals surface area contributed by atoms with Gasteiger partial charge in [-0.2, -0.15) is 16.8 Å². The van der Waals surface area contributed by atoms with Gasteiger partial charge in [-0.25, -0.2) is 0 Å². The molecular formula is C8H8Cl2O6S2. The van der Waals surface area contributed by atoms with Gasteiger partial charge in [-0.15, -0.1) is 0 Å². The zero-order valence-corrected chi connectivity index (χ0v) is 11.9. The normalized spacial score (nSPS) is 12.6. The fraction of sp³-hybridized carbons (Fsp3) is 0.250. The van der Waals surface area contributed by atoms with Gasteiger partial charge < -0.3 is 0 Å².